The van der Waals surface area contributed by atoms with Crippen molar-refractivity contribution >= 4 is 10.0 Å². The van der Waals surface area contributed by atoms with Gasteiger partial charge in [-0.15, -0.1) is 0 Å². The molecule has 1 heterocycles. The molecule has 0 aromatic carbocycles. The van der Waals surface area contributed by atoms with Crippen LogP contribution in [-0.4, -0.2) is 44.2 Å². The highest BCUT2D eigenvalue weighted by molar-refractivity contribution is 7.88. The predicted molar refractivity (Wildman–Crippen MR) is 78.6 cm³/mol. The van der Waals surface area contributed by atoms with Gasteiger partial charge in [-0.1, -0.05) is 26.7 Å². The Morgan fingerprint density at radius 3 is 2.26 bits per heavy atom. The number of nitrogens with zero attached hydrogens (tertiary/aromatic N) is 1. The quantitative estimate of drug-likeness (QED) is 0.864. The molecule has 0 aromatic rings. The van der Waals surface area contributed by atoms with Gasteiger partial charge in [0.1, 0.15) is 0 Å². The maximum Gasteiger partial charge on any atom is 0.211 e. The van der Waals surface area contributed by atoms with Gasteiger partial charge in [-0.05, 0) is 31.1 Å². The van der Waals surface area contributed by atoms with Crippen LogP contribution in [0.15, 0.2) is 0 Å². The molecule has 0 radical (unpaired) electrons. The van der Waals surface area contributed by atoms with Gasteiger partial charge >= 0.3 is 0 Å². The molecule has 1 atom stereocenters. The van der Waals surface area contributed by atoms with Crippen molar-refractivity contribution in [1.82, 2.24) is 9.62 Å². The maximum absolute atomic E-state index is 11.5. The van der Waals surface area contributed by atoms with Gasteiger partial charge in [-0.2, -0.15) is 0 Å². The molecule has 112 valence electrons. The Balaban J connectivity index is 1.85. The molecular formula is C14H28N2O2S. The Labute approximate surface area is 118 Å². The molecular weight excluding hydrogens is 260 g/mol. The van der Waals surface area contributed by atoms with E-state index in [2.05, 4.69) is 19.2 Å². The standard InChI is InChI=1S/C14H28N2O2S/c1-14(2)9-5-4-6-13(14)15-12-7-10-16(11-8-12)19(3,17)18/h12-13,15H,4-11H2,1-3H3. The zero-order valence-corrected chi connectivity index (χ0v) is 13.3. The van der Waals surface area contributed by atoms with E-state index in [1.165, 1.54) is 31.9 Å². The van der Waals surface area contributed by atoms with Crippen LogP contribution in [0.2, 0.25) is 0 Å². The largest absolute Gasteiger partial charge is 0.311 e. The van der Waals surface area contributed by atoms with E-state index in [9.17, 15) is 8.42 Å². The van der Waals surface area contributed by atoms with Crippen molar-refractivity contribution in [2.45, 2.75) is 64.5 Å². The number of nitrogens with one attached hydrogen (secondary N) is 1. The molecule has 2 fully saturated rings. The average Bonchev–Trinajstić information content (AvgIpc) is 2.31. The Morgan fingerprint density at radius 1 is 1.11 bits per heavy atom. The molecule has 19 heavy (non-hydrogen) atoms. The van der Waals surface area contributed by atoms with E-state index in [4.69, 9.17) is 0 Å². The highest BCUT2D eigenvalue weighted by atomic mass is 32.2. The zero-order valence-electron chi connectivity index (χ0n) is 12.5. The lowest BCUT2D eigenvalue weighted by Gasteiger charge is -2.42. The average molecular weight is 288 g/mol. The molecule has 1 saturated carbocycles. The SMILES string of the molecule is CC1(C)CCCCC1NC1CCN(S(C)(=O)=O)CC1. The number of sulfonamides is 1. The second-order valence-corrected chi connectivity index (χ2v) is 8.87. The van der Waals surface area contributed by atoms with Crippen LogP contribution in [0.4, 0.5) is 0 Å². The van der Waals surface area contributed by atoms with Crippen LogP contribution in [-0.2, 0) is 10.0 Å². The number of rotatable bonds is 3. The van der Waals surface area contributed by atoms with E-state index < -0.39 is 10.0 Å². The molecule has 1 aliphatic heterocycles. The predicted octanol–water partition coefficient (Wildman–Crippen LogP) is 1.97. The highest BCUT2D eigenvalue weighted by Gasteiger charge is 2.34. The molecule has 0 spiro atoms. The third-order valence-corrected chi connectivity index (χ3v) is 6.17. The van der Waals surface area contributed by atoms with Crippen LogP contribution in [0.1, 0.15) is 52.4 Å². The summed E-state index contributed by atoms with van der Waals surface area (Å²) in [6.45, 7) is 6.05. The van der Waals surface area contributed by atoms with Crippen molar-refractivity contribution in [3.63, 3.8) is 0 Å². The summed E-state index contributed by atoms with van der Waals surface area (Å²) < 4.78 is 24.6. The van der Waals surface area contributed by atoms with E-state index in [1.54, 1.807) is 4.31 Å². The normalized spacial score (nSPS) is 30.4. The van der Waals surface area contributed by atoms with Gasteiger partial charge in [0.25, 0.3) is 0 Å². The minimum absolute atomic E-state index is 0.381. The molecule has 1 unspecified atom stereocenters. The van der Waals surface area contributed by atoms with E-state index in [1.807, 2.05) is 0 Å². The Bertz CT molecular complexity index is 398. The van der Waals surface area contributed by atoms with Gasteiger partial charge in [-0.25, -0.2) is 12.7 Å². The van der Waals surface area contributed by atoms with Crippen LogP contribution >= 0.6 is 0 Å². The minimum atomic E-state index is -3.00. The lowest BCUT2D eigenvalue weighted by atomic mass is 9.73. The fourth-order valence-electron chi connectivity index (χ4n) is 3.44. The first-order valence-corrected chi connectivity index (χ1v) is 9.35. The van der Waals surface area contributed by atoms with Crippen LogP contribution in [0, 0.1) is 5.41 Å². The van der Waals surface area contributed by atoms with Gasteiger partial charge in [0.05, 0.1) is 6.26 Å². The number of hydrogen-bond acceptors (Lipinski definition) is 3. The Hall–Kier alpha value is -0.130. The molecule has 2 rings (SSSR count). The van der Waals surface area contributed by atoms with Crippen LogP contribution in [0.3, 0.4) is 0 Å². The molecule has 1 N–H and O–H groups in total. The summed E-state index contributed by atoms with van der Waals surface area (Å²) in [5.41, 5.74) is 0.381. The fraction of sp³-hybridized carbons (Fsp3) is 1.00. The smallest absolute Gasteiger partial charge is 0.211 e. The summed E-state index contributed by atoms with van der Waals surface area (Å²) in [7, 11) is -3.00. The summed E-state index contributed by atoms with van der Waals surface area (Å²) >= 11 is 0. The lowest BCUT2D eigenvalue weighted by molar-refractivity contribution is 0.141. The summed E-state index contributed by atoms with van der Waals surface area (Å²) in [5, 5.41) is 3.80. The first-order chi connectivity index (χ1) is 8.79. The zero-order chi connectivity index (χ0) is 14.1. The Morgan fingerprint density at radius 2 is 1.74 bits per heavy atom. The van der Waals surface area contributed by atoms with Gasteiger partial charge < -0.3 is 5.32 Å². The van der Waals surface area contributed by atoms with E-state index in [0.29, 0.717) is 30.6 Å². The van der Waals surface area contributed by atoms with Crippen molar-refractivity contribution in [2.24, 2.45) is 5.41 Å². The first-order valence-electron chi connectivity index (χ1n) is 7.50. The third kappa shape index (κ3) is 3.92. The van der Waals surface area contributed by atoms with E-state index in [0.717, 1.165) is 12.8 Å². The molecule has 0 aromatic heterocycles. The second kappa shape index (κ2) is 5.70. The van der Waals surface area contributed by atoms with Crippen molar-refractivity contribution in [3.8, 4) is 0 Å². The van der Waals surface area contributed by atoms with Crippen LogP contribution in [0.25, 0.3) is 0 Å². The fourth-order valence-corrected chi connectivity index (χ4v) is 4.32. The van der Waals surface area contributed by atoms with Gasteiger partial charge in [0.2, 0.25) is 10.0 Å². The lowest BCUT2D eigenvalue weighted by Crippen LogP contribution is -2.52. The van der Waals surface area contributed by atoms with Gasteiger partial charge in [0, 0.05) is 25.2 Å². The molecule has 2 aliphatic rings. The molecule has 5 heteroatoms. The highest BCUT2D eigenvalue weighted by Crippen LogP contribution is 2.36. The van der Waals surface area contributed by atoms with Gasteiger partial charge in [0.15, 0.2) is 0 Å². The monoisotopic (exact) mass is 288 g/mol. The van der Waals surface area contributed by atoms with Crippen LogP contribution in [0.5, 0.6) is 0 Å². The van der Waals surface area contributed by atoms with Crippen molar-refractivity contribution < 1.29 is 8.42 Å². The summed E-state index contributed by atoms with van der Waals surface area (Å²) in [4.78, 5) is 0. The summed E-state index contributed by atoms with van der Waals surface area (Å²) in [6, 6.07) is 1.08. The maximum atomic E-state index is 11.5. The van der Waals surface area contributed by atoms with E-state index in [-0.39, 0.29) is 0 Å². The van der Waals surface area contributed by atoms with Crippen molar-refractivity contribution in [3.05, 3.63) is 0 Å². The van der Waals surface area contributed by atoms with Crippen LogP contribution < -0.4 is 5.32 Å². The number of piperidine rings is 1. The third-order valence-electron chi connectivity index (χ3n) is 4.87. The Kier molecular flexibility index (Phi) is 4.58. The molecule has 1 aliphatic carbocycles. The second-order valence-electron chi connectivity index (χ2n) is 6.89. The first kappa shape index (κ1) is 15.3. The van der Waals surface area contributed by atoms with E-state index >= 15 is 0 Å². The molecule has 0 bridgehead atoms. The molecule has 1 saturated heterocycles. The topological polar surface area (TPSA) is 49.4 Å². The number of hydrogen-bond donors (Lipinski definition) is 1. The van der Waals surface area contributed by atoms with Crippen molar-refractivity contribution in [1.29, 1.82) is 0 Å². The van der Waals surface area contributed by atoms with Gasteiger partial charge in [-0.3, -0.25) is 0 Å². The summed E-state index contributed by atoms with van der Waals surface area (Å²) in [5.74, 6) is 0. The minimum Gasteiger partial charge on any atom is -0.311 e. The summed E-state index contributed by atoms with van der Waals surface area (Å²) in [6.07, 6.45) is 8.43. The molecule has 4 nitrogen and oxygen atoms in total. The molecule has 0 amide bonds. The van der Waals surface area contributed by atoms with Crippen molar-refractivity contribution in [2.75, 3.05) is 19.3 Å².